The summed E-state index contributed by atoms with van der Waals surface area (Å²) in [5.41, 5.74) is 8.05. The molecular weight excluding hydrogens is 704 g/mol. The van der Waals surface area contributed by atoms with Gasteiger partial charge in [-0.25, -0.2) is 9.78 Å². The number of likely N-dealkylation sites (tertiary alicyclic amines) is 1. The van der Waals surface area contributed by atoms with Gasteiger partial charge in [-0.15, -0.1) is 11.3 Å². The average molecular weight is 768 g/mol. The Bertz CT molecular complexity index is 1570. The minimum atomic E-state index is -0.453. The monoisotopic (exact) mass is 766 g/mol. The average Bonchev–Trinajstić information content (AvgIpc) is 3.49. The number of hydrogen-bond donors (Lipinski definition) is 0. The molecule has 2 heterocycles. The number of hydrogen-bond acceptors (Lipinski definition) is 5. The van der Waals surface area contributed by atoms with Gasteiger partial charge in [0, 0.05) is 35.5 Å². The molecule has 1 fully saturated rings. The zero-order valence-corrected chi connectivity index (χ0v) is 36.0. The smallest absolute Gasteiger partial charge is 0.410 e. The third-order valence-electron chi connectivity index (χ3n) is 9.09. The van der Waals surface area contributed by atoms with E-state index in [9.17, 15) is 9.59 Å². The second-order valence-corrected chi connectivity index (χ2v) is 20.4. The molecule has 0 atom stereocenters. The third-order valence-corrected chi connectivity index (χ3v) is 10.6. The van der Waals surface area contributed by atoms with Crippen molar-refractivity contribution in [2.45, 2.75) is 150 Å². The number of halogens is 1. The highest BCUT2D eigenvalue weighted by molar-refractivity contribution is 9.09. The Balaban J connectivity index is 0.000000319. The molecule has 1 amide bonds. The summed E-state index contributed by atoms with van der Waals surface area (Å²) in [7, 11) is 0. The van der Waals surface area contributed by atoms with E-state index in [-0.39, 0.29) is 33.5 Å². The number of nitrogens with zero attached hydrogens (tertiary/aromatic N) is 2. The first kappa shape index (κ1) is 41.9. The Morgan fingerprint density at radius 2 is 1.14 bits per heavy atom. The van der Waals surface area contributed by atoms with Crippen molar-refractivity contribution >= 4 is 39.1 Å². The van der Waals surface area contributed by atoms with Gasteiger partial charge in [0.1, 0.15) is 5.60 Å². The van der Waals surface area contributed by atoms with E-state index in [0.717, 1.165) is 37.2 Å². The molecule has 0 spiro atoms. The van der Waals surface area contributed by atoms with Gasteiger partial charge in [0.05, 0.1) is 16.0 Å². The van der Waals surface area contributed by atoms with Crippen molar-refractivity contribution in [3.63, 3.8) is 0 Å². The lowest BCUT2D eigenvalue weighted by Crippen LogP contribution is -2.41. The van der Waals surface area contributed by atoms with Gasteiger partial charge in [-0.05, 0) is 102 Å². The molecule has 4 rings (SSSR count). The number of ether oxygens (including phenoxy) is 1. The van der Waals surface area contributed by atoms with Crippen molar-refractivity contribution in [1.82, 2.24) is 9.88 Å². The number of amides is 1. The maximum absolute atomic E-state index is 12.4. The predicted octanol–water partition coefficient (Wildman–Crippen LogP) is 12.4. The largest absolute Gasteiger partial charge is 0.444 e. The molecule has 50 heavy (non-hydrogen) atoms. The highest BCUT2D eigenvalue weighted by atomic mass is 79.9. The summed E-state index contributed by atoms with van der Waals surface area (Å²) in [6, 6.07) is 13.2. The molecule has 276 valence electrons. The van der Waals surface area contributed by atoms with E-state index in [1.165, 1.54) is 32.8 Å². The van der Waals surface area contributed by atoms with Crippen LogP contribution in [0.3, 0.4) is 0 Å². The van der Waals surface area contributed by atoms with Crippen LogP contribution in [0.5, 0.6) is 0 Å². The van der Waals surface area contributed by atoms with Crippen molar-refractivity contribution in [1.29, 1.82) is 0 Å². The summed E-state index contributed by atoms with van der Waals surface area (Å²) >= 11 is 5.00. The van der Waals surface area contributed by atoms with E-state index in [4.69, 9.17) is 9.72 Å². The van der Waals surface area contributed by atoms with Crippen molar-refractivity contribution < 1.29 is 14.3 Å². The Kier molecular flexibility index (Phi) is 13.1. The Hall–Kier alpha value is -2.51. The molecule has 3 aromatic rings. The Morgan fingerprint density at radius 1 is 0.720 bits per heavy atom. The van der Waals surface area contributed by atoms with Gasteiger partial charge in [0.2, 0.25) is 0 Å². The van der Waals surface area contributed by atoms with E-state index >= 15 is 0 Å². The Labute approximate surface area is 316 Å². The fourth-order valence-electron chi connectivity index (χ4n) is 5.62. The van der Waals surface area contributed by atoms with Crippen LogP contribution in [0.4, 0.5) is 4.79 Å². The van der Waals surface area contributed by atoms with Crippen LogP contribution < -0.4 is 0 Å². The van der Waals surface area contributed by atoms with Gasteiger partial charge in [0.25, 0.3) is 0 Å². The quantitative estimate of drug-likeness (QED) is 0.196. The van der Waals surface area contributed by atoms with E-state index in [0.29, 0.717) is 11.2 Å². The molecule has 2 aromatic carbocycles. The number of carbonyl (C=O) groups is 2. The van der Waals surface area contributed by atoms with Crippen LogP contribution in [0, 0.1) is 0 Å². The van der Waals surface area contributed by atoms with E-state index in [2.05, 4.69) is 129 Å². The fourth-order valence-corrected chi connectivity index (χ4v) is 6.94. The molecule has 0 aliphatic carbocycles. The molecule has 5 nitrogen and oxygen atoms in total. The van der Waals surface area contributed by atoms with Gasteiger partial charge in [-0.2, -0.15) is 0 Å². The lowest BCUT2D eigenvalue weighted by Gasteiger charge is -2.32. The van der Waals surface area contributed by atoms with Crippen molar-refractivity contribution in [3.05, 3.63) is 74.6 Å². The molecule has 0 radical (unpaired) electrons. The number of ketones is 1. The van der Waals surface area contributed by atoms with Crippen LogP contribution in [0.15, 0.2) is 41.8 Å². The van der Waals surface area contributed by atoms with Gasteiger partial charge in [-0.3, -0.25) is 4.79 Å². The maximum Gasteiger partial charge on any atom is 0.410 e. The first-order valence-corrected chi connectivity index (χ1v) is 20.0. The highest BCUT2D eigenvalue weighted by Gasteiger charge is 2.29. The molecule has 7 heteroatoms. The third kappa shape index (κ3) is 11.8. The zero-order valence-electron chi connectivity index (χ0n) is 33.6. The molecule has 0 N–H and O–H groups in total. The summed E-state index contributed by atoms with van der Waals surface area (Å²) in [5, 5.41) is 3.76. The van der Waals surface area contributed by atoms with E-state index < -0.39 is 5.60 Å². The van der Waals surface area contributed by atoms with Crippen molar-refractivity contribution in [3.8, 4) is 11.3 Å². The van der Waals surface area contributed by atoms with Crippen LogP contribution in [0.25, 0.3) is 11.3 Å². The Morgan fingerprint density at radius 3 is 1.52 bits per heavy atom. The molecule has 1 aliphatic rings. The lowest BCUT2D eigenvalue weighted by molar-refractivity contribution is 0.0204. The summed E-state index contributed by atoms with van der Waals surface area (Å²) in [6.45, 7) is 33.9. The maximum atomic E-state index is 12.4. The predicted molar refractivity (Wildman–Crippen MR) is 217 cm³/mol. The minimum absolute atomic E-state index is 0.0581. The van der Waals surface area contributed by atoms with Gasteiger partial charge in [-0.1, -0.05) is 111 Å². The number of carbonyl (C=O) groups excluding carboxylic acids is 2. The van der Waals surface area contributed by atoms with E-state index in [1.54, 1.807) is 11.3 Å². The molecule has 1 aromatic heterocycles. The van der Waals surface area contributed by atoms with Gasteiger partial charge >= 0.3 is 6.09 Å². The van der Waals surface area contributed by atoms with Crippen LogP contribution in [0.1, 0.15) is 160 Å². The molecular formula is C43H63BrN2O3S. The van der Waals surface area contributed by atoms with Crippen LogP contribution in [-0.2, 0) is 26.4 Å². The second-order valence-electron chi connectivity index (χ2n) is 19.0. The summed E-state index contributed by atoms with van der Waals surface area (Å²) in [4.78, 5) is 31.2. The second kappa shape index (κ2) is 15.6. The number of aromatic nitrogens is 1. The van der Waals surface area contributed by atoms with Crippen molar-refractivity contribution in [2.75, 3.05) is 18.4 Å². The summed E-state index contributed by atoms with van der Waals surface area (Å²) in [6.07, 6.45) is 1.66. The SMILES string of the molecule is CC(C)(C)OC(=O)N1CCC(c2nc(-c3cc(C(C)(C)C)cc(C(C)(C)C)c3)cs2)CC1.CC(C)(C)c1cc(C(=O)CBr)cc(C(C)(C)C)c1. The number of Topliss-reactive ketones (excluding diaryl/α,β-unsaturated/α-hetero) is 1. The molecule has 0 saturated carbocycles. The van der Waals surface area contributed by atoms with E-state index in [1.807, 2.05) is 37.8 Å². The van der Waals surface area contributed by atoms with Gasteiger partial charge in [0.15, 0.2) is 5.78 Å². The highest BCUT2D eigenvalue weighted by Crippen LogP contribution is 2.37. The number of rotatable bonds is 4. The normalized spacial score (nSPS) is 15.0. The fraction of sp³-hybridized carbons (Fsp3) is 0.605. The number of alkyl halides is 1. The molecule has 1 saturated heterocycles. The molecule has 0 unspecified atom stereocenters. The first-order chi connectivity index (χ1) is 22.7. The zero-order chi connectivity index (χ0) is 38.0. The van der Waals surface area contributed by atoms with Crippen LogP contribution >= 0.6 is 27.3 Å². The van der Waals surface area contributed by atoms with Crippen molar-refractivity contribution in [2.24, 2.45) is 0 Å². The standard InChI is InChI=1S/C27H40N2O2S.C16H23BrO/c1-25(2,3)20-14-19(15-21(16-20)26(4,5)6)22-17-32-23(28-22)18-10-12-29(13-11-18)24(30)31-27(7,8)9;1-15(2,3)12-7-11(14(18)10-17)8-13(9-12)16(4,5)6/h14-18H,10-13H2,1-9H3;7-9H,10H2,1-6H3. The number of thiazole rings is 1. The lowest BCUT2D eigenvalue weighted by atomic mass is 9.79. The summed E-state index contributed by atoms with van der Waals surface area (Å²) in [5.74, 6) is 0.548. The summed E-state index contributed by atoms with van der Waals surface area (Å²) < 4.78 is 5.53. The van der Waals surface area contributed by atoms with Crippen LogP contribution in [-0.4, -0.2) is 45.8 Å². The first-order valence-electron chi connectivity index (χ1n) is 18.0. The number of benzene rings is 2. The van der Waals surface area contributed by atoms with Gasteiger partial charge < -0.3 is 9.64 Å². The van der Waals surface area contributed by atoms with Crippen LogP contribution in [0.2, 0.25) is 0 Å². The minimum Gasteiger partial charge on any atom is -0.444 e. The topological polar surface area (TPSA) is 59.5 Å². The number of piperidine rings is 1. The molecule has 0 bridgehead atoms. The molecule has 1 aliphatic heterocycles.